The molecular formula is C23H30N2O. The summed E-state index contributed by atoms with van der Waals surface area (Å²) in [6, 6.07) is 12.5. The highest BCUT2D eigenvalue weighted by Crippen LogP contribution is 2.44. The van der Waals surface area contributed by atoms with Crippen molar-refractivity contribution in [1.29, 1.82) is 0 Å². The summed E-state index contributed by atoms with van der Waals surface area (Å²) in [5.74, 6) is 1.34. The highest BCUT2D eigenvalue weighted by Gasteiger charge is 2.35. The minimum atomic E-state index is 0.195. The molecule has 0 bridgehead atoms. The van der Waals surface area contributed by atoms with Crippen molar-refractivity contribution in [1.82, 2.24) is 0 Å². The summed E-state index contributed by atoms with van der Waals surface area (Å²) in [5.41, 5.74) is 6.29. The third-order valence-corrected chi connectivity index (χ3v) is 5.52. The molecule has 1 heterocycles. The topological polar surface area (TPSA) is 24.8 Å². The molecule has 0 saturated carbocycles. The number of aliphatic imine (C=N–C) groups is 1. The Kier molecular flexibility index (Phi) is 5.08. The Balaban J connectivity index is 2.01. The second-order valence-corrected chi connectivity index (χ2v) is 7.86. The molecule has 3 rings (SSSR count). The Morgan fingerprint density at radius 2 is 2.00 bits per heavy atom. The van der Waals surface area contributed by atoms with Gasteiger partial charge in [0.1, 0.15) is 11.4 Å². The monoisotopic (exact) mass is 350 g/mol. The average Bonchev–Trinajstić information content (AvgIpc) is 2.60. The van der Waals surface area contributed by atoms with Gasteiger partial charge in [-0.25, -0.2) is 0 Å². The zero-order valence-corrected chi connectivity index (χ0v) is 16.8. The summed E-state index contributed by atoms with van der Waals surface area (Å²) in [4.78, 5) is 7.22. The van der Waals surface area contributed by atoms with Crippen molar-refractivity contribution in [2.45, 2.75) is 52.5 Å². The Morgan fingerprint density at radius 3 is 2.69 bits per heavy atom. The molecule has 26 heavy (non-hydrogen) atoms. The van der Waals surface area contributed by atoms with Gasteiger partial charge in [-0.15, -0.1) is 0 Å². The third-order valence-electron chi connectivity index (χ3n) is 5.52. The van der Waals surface area contributed by atoms with E-state index in [2.05, 4.69) is 56.6 Å². The van der Waals surface area contributed by atoms with E-state index in [-0.39, 0.29) is 5.54 Å². The first-order chi connectivity index (χ1) is 12.4. The van der Waals surface area contributed by atoms with Crippen LogP contribution in [0.15, 0.2) is 41.4 Å². The third kappa shape index (κ3) is 3.35. The van der Waals surface area contributed by atoms with E-state index >= 15 is 0 Å². The van der Waals surface area contributed by atoms with Gasteiger partial charge in [0.25, 0.3) is 0 Å². The number of hydrogen-bond donors (Lipinski definition) is 0. The highest BCUT2D eigenvalue weighted by atomic mass is 16.5. The Bertz CT molecular complexity index is 823. The molecule has 1 atom stereocenters. The number of hydrogen-bond acceptors (Lipinski definition) is 3. The van der Waals surface area contributed by atoms with E-state index in [1.165, 1.54) is 28.8 Å². The van der Waals surface area contributed by atoms with Crippen LogP contribution < -0.4 is 9.64 Å². The number of nitrogens with zero attached hydrogens (tertiary/aromatic N) is 2. The van der Waals surface area contributed by atoms with Crippen molar-refractivity contribution in [3.63, 3.8) is 0 Å². The van der Waals surface area contributed by atoms with Gasteiger partial charge in [0, 0.05) is 24.0 Å². The largest absolute Gasteiger partial charge is 0.494 e. The number of rotatable bonds is 4. The van der Waals surface area contributed by atoms with E-state index in [4.69, 9.17) is 4.74 Å². The number of benzene rings is 2. The molecule has 0 N–H and O–H groups in total. The molecule has 3 nitrogen and oxygen atoms in total. The maximum Gasteiger partial charge on any atom is 0.144 e. The maximum atomic E-state index is 5.40. The number of aryl methyl sites for hydroxylation is 1. The van der Waals surface area contributed by atoms with Gasteiger partial charge in [0.15, 0.2) is 0 Å². The van der Waals surface area contributed by atoms with Crippen LogP contribution in [0.25, 0.3) is 0 Å². The van der Waals surface area contributed by atoms with Crippen LogP contribution in [0.5, 0.6) is 5.75 Å². The van der Waals surface area contributed by atoms with Crippen molar-refractivity contribution in [3.05, 3.63) is 53.1 Å². The van der Waals surface area contributed by atoms with Gasteiger partial charge in [0.05, 0.1) is 7.11 Å². The molecule has 1 aliphatic rings. The first-order valence-electron chi connectivity index (χ1n) is 9.46. The second-order valence-electron chi connectivity index (χ2n) is 7.86. The fourth-order valence-electron chi connectivity index (χ4n) is 4.26. The standard InChI is InChI=1S/C23H30N2O/c1-7-25-21-12-16(2)18(13-19(21)17(3)14-23(25,4)5)15-24-20-10-8-9-11-22(20)26-6/h8-13,15,17H,7,14H2,1-6H3. The molecule has 0 aliphatic carbocycles. The zero-order chi connectivity index (χ0) is 18.9. The molecule has 3 heteroatoms. The predicted octanol–water partition coefficient (Wildman–Crippen LogP) is 5.87. The van der Waals surface area contributed by atoms with Crippen LogP contribution in [0.3, 0.4) is 0 Å². The lowest BCUT2D eigenvalue weighted by atomic mass is 9.79. The van der Waals surface area contributed by atoms with Crippen LogP contribution in [-0.2, 0) is 0 Å². The number of para-hydroxylation sites is 2. The Labute approximate surface area is 157 Å². The van der Waals surface area contributed by atoms with Gasteiger partial charge in [-0.1, -0.05) is 19.1 Å². The molecular weight excluding hydrogens is 320 g/mol. The molecule has 0 amide bonds. The summed E-state index contributed by atoms with van der Waals surface area (Å²) < 4.78 is 5.40. The van der Waals surface area contributed by atoms with Crippen LogP contribution in [-0.4, -0.2) is 25.4 Å². The van der Waals surface area contributed by atoms with Crippen molar-refractivity contribution < 1.29 is 4.74 Å². The number of fused-ring (bicyclic) bond motifs is 1. The first-order valence-corrected chi connectivity index (χ1v) is 9.46. The Morgan fingerprint density at radius 1 is 1.27 bits per heavy atom. The van der Waals surface area contributed by atoms with E-state index in [1.54, 1.807) is 7.11 Å². The smallest absolute Gasteiger partial charge is 0.144 e. The van der Waals surface area contributed by atoms with Crippen molar-refractivity contribution in [2.24, 2.45) is 4.99 Å². The lowest BCUT2D eigenvalue weighted by Gasteiger charge is -2.47. The van der Waals surface area contributed by atoms with Gasteiger partial charge < -0.3 is 9.64 Å². The normalized spacial score (nSPS) is 18.8. The number of ether oxygens (including phenoxy) is 1. The summed E-state index contributed by atoms with van der Waals surface area (Å²) >= 11 is 0. The highest BCUT2D eigenvalue weighted by molar-refractivity contribution is 5.86. The van der Waals surface area contributed by atoms with Gasteiger partial charge in [-0.3, -0.25) is 4.99 Å². The molecule has 138 valence electrons. The van der Waals surface area contributed by atoms with Crippen LogP contribution in [0.2, 0.25) is 0 Å². The minimum Gasteiger partial charge on any atom is -0.494 e. The van der Waals surface area contributed by atoms with E-state index in [1.807, 2.05) is 30.5 Å². The molecule has 1 unspecified atom stereocenters. The number of anilines is 1. The van der Waals surface area contributed by atoms with Gasteiger partial charge in [-0.05, 0) is 81.0 Å². The zero-order valence-electron chi connectivity index (χ0n) is 16.8. The minimum absolute atomic E-state index is 0.195. The van der Waals surface area contributed by atoms with E-state index < -0.39 is 0 Å². The summed E-state index contributed by atoms with van der Waals surface area (Å²) in [6.45, 7) is 12.5. The molecule has 0 aromatic heterocycles. The molecule has 0 spiro atoms. The first kappa shape index (κ1) is 18.5. The lowest BCUT2D eigenvalue weighted by molar-refractivity contribution is 0.381. The van der Waals surface area contributed by atoms with Gasteiger partial charge in [-0.2, -0.15) is 0 Å². The fourth-order valence-corrected chi connectivity index (χ4v) is 4.26. The molecule has 0 radical (unpaired) electrons. The van der Waals surface area contributed by atoms with Crippen LogP contribution in [0, 0.1) is 6.92 Å². The van der Waals surface area contributed by atoms with Gasteiger partial charge >= 0.3 is 0 Å². The number of methoxy groups -OCH3 is 1. The summed E-state index contributed by atoms with van der Waals surface area (Å²) in [6.07, 6.45) is 3.14. The Hall–Kier alpha value is -2.29. The van der Waals surface area contributed by atoms with Crippen molar-refractivity contribution >= 4 is 17.6 Å². The summed E-state index contributed by atoms with van der Waals surface area (Å²) in [7, 11) is 1.68. The predicted molar refractivity (Wildman–Crippen MR) is 112 cm³/mol. The average molecular weight is 351 g/mol. The van der Waals surface area contributed by atoms with E-state index in [0.29, 0.717) is 5.92 Å². The molecule has 1 aliphatic heterocycles. The van der Waals surface area contributed by atoms with Crippen LogP contribution in [0.1, 0.15) is 56.7 Å². The van der Waals surface area contributed by atoms with Crippen LogP contribution in [0.4, 0.5) is 11.4 Å². The quantitative estimate of drug-likeness (QED) is 0.645. The molecule has 2 aromatic rings. The molecule has 0 saturated heterocycles. The lowest BCUT2D eigenvalue weighted by Crippen LogP contribution is -2.48. The van der Waals surface area contributed by atoms with E-state index in [9.17, 15) is 0 Å². The summed E-state index contributed by atoms with van der Waals surface area (Å²) in [5, 5.41) is 0. The van der Waals surface area contributed by atoms with Crippen molar-refractivity contribution in [3.8, 4) is 5.75 Å². The molecule has 0 fully saturated rings. The SMILES string of the molecule is CCN1c2cc(C)c(C=Nc3ccccc3OC)cc2C(C)CC1(C)C. The maximum absolute atomic E-state index is 5.40. The van der Waals surface area contributed by atoms with E-state index in [0.717, 1.165) is 18.0 Å². The van der Waals surface area contributed by atoms with Crippen molar-refractivity contribution in [2.75, 3.05) is 18.6 Å². The van der Waals surface area contributed by atoms with Gasteiger partial charge in [0.2, 0.25) is 0 Å². The fraction of sp³-hybridized carbons (Fsp3) is 0.435. The second kappa shape index (κ2) is 7.14. The van der Waals surface area contributed by atoms with Crippen LogP contribution >= 0.6 is 0 Å². The molecule has 2 aromatic carbocycles.